The van der Waals surface area contributed by atoms with Gasteiger partial charge in [0.25, 0.3) is 0 Å². The minimum Gasteiger partial charge on any atom is -0.462 e. The van der Waals surface area contributed by atoms with E-state index in [1.807, 2.05) is 36.5 Å². The maximum atomic E-state index is 12.9. The van der Waals surface area contributed by atoms with Gasteiger partial charge in [0.05, 0.1) is 19.3 Å². The van der Waals surface area contributed by atoms with Crippen LogP contribution in [0.25, 0.3) is 0 Å². The monoisotopic (exact) mass is 1090 g/mol. The van der Waals surface area contributed by atoms with E-state index in [0.29, 0.717) is 32.1 Å². The molecule has 74 heavy (non-hydrogen) atoms. The van der Waals surface area contributed by atoms with E-state index in [9.17, 15) is 48.6 Å². The highest BCUT2D eigenvalue weighted by molar-refractivity contribution is 7.61. The molecule has 21 heteroatoms. The normalized spacial score (nSPS) is 20.2. The van der Waals surface area contributed by atoms with Crippen molar-refractivity contribution in [3.63, 3.8) is 0 Å². The predicted molar refractivity (Wildman–Crippen MR) is 285 cm³/mol. The van der Waals surface area contributed by atoms with Crippen LogP contribution in [-0.2, 0) is 46.3 Å². The number of carbonyl (C=O) groups is 2. The first-order chi connectivity index (χ1) is 35.5. The van der Waals surface area contributed by atoms with Crippen LogP contribution in [0, 0.1) is 5.92 Å². The standard InChI is InChI=1S/C53H89N3O16P2/c1-4-6-7-8-24-29-34-44(57)35-30-25-20-17-18-22-27-32-37-49(59)70-45(40-67-48(58)36-31-26-21-16-14-12-10-9-11-13-15-19-23-28-33-43(3)5-2)41-68-73(63,64)72-74(65,66)69-42-46-50(60)51(61)52(71-46)56-39-38-47(54)55-53(56)62/h6-7,18,20,22,24-25,29-30,35,38-39,43-46,50-52,57,60-61H,4-5,8-17,19,21,23,26-28,31-34,36-37,40-42H2,1-3H3,(H,63,64)(H,65,66)(H2,54,55,62)/b7-6-,22-18-,25-20-,29-24-,35-30+/t43?,44?,45-,46-,50-,51-,52-/m1/s1. The molecular weight excluding hydrogens is 997 g/mol. The molecular formula is C53H89N3O16P2. The van der Waals surface area contributed by atoms with Crippen LogP contribution in [0.2, 0.25) is 0 Å². The van der Waals surface area contributed by atoms with Crippen LogP contribution >= 0.6 is 15.6 Å². The number of anilines is 1. The Morgan fingerprint density at radius 2 is 1.36 bits per heavy atom. The molecule has 0 bridgehead atoms. The second-order valence-corrected chi connectivity index (χ2v) is 21.8. The van der Waals surface area contributed by atoms with E-state index in [2.05, 4.69) is 42.2 Å². The second kappa shape index (κ2) is 39.7. The molecule has 0 saturated carbocycles. The topological polar surface area (TPSA) is 286 Å². The number of phosphoric ester groups is 2. The molecule has 1 aromatic rings. The third kappa shape index (κ3) is 32.1. The van der Waals surface area contributed by atoms with Crippen LogP contribution in [0.15, 0.2) is 77.8 Å². The van der Waals surface area contributed by atoms with E-state index < -0.39 is 89.8 Å². The molecule has 19 nitrogen and oxygen atoms in total. The van der Waals surface area contributed by atoms with Gasteiger partial charge in [-0.25, -0.2) is 13.9 Å². The fourth-order valence-corrected chi connectivity index (χ4v) is 9.81. The van der Waals surface area contributed by atoms with Crippen molar-refractivity contribution in [3.05, 3.63) is 83.5 Å². The number of esters is 2. The van der Waals surface area contributed by atoms with Crippen molar-refractivity contribution in [3.8, 4) is 0 Å². The number of hydrogen-bond donors (Lipinski definition) is 6. The Morgan fingerprint density at radius 1 is 0.770 bits per heavy atom. The predicted octanol–water partition coefficient (Wildman–Crippen LogP) is 10.3. The van der Waals surface area contributed by atoms with Gasteiger partial charge in [0.2, 0.25) is 0 Å². The van der Waals surface area contributed by atoms with Crippen molar-refractivity contribution >= 4 is 33.4 Å². The zero-order chi connectivity index (χ0) is 54.5. The third-order valence-electron chi connectivity index (χ3n) is 12.2. The lowest BCUT2D eigenvalue weighted by molar-refractivity contribution is -0.161. The lowest BCUT2D eigenvalue weighted by Gasteiger charge is -2.21. The van der Waals surface area contributed by atoms with Crippen molar-refractivity contribution < 1.29 is 71.4 Å². The summed E-state index contributed by atoms with van der Waals surface area (Å²) < 4.78 is 56.8. The summed E-state index contributed by atoms with van der Waals surface area (Å²) in [6, 6.07) is 1.24. The van der Waals surface area contributed by atoms with Crippen LogP contribution < -0.4 is 11.4 Å². The van der Waals surface area contributed by atoms with Crippen molar-refractivity contribution in [1.82, 2.24) is 9.55 Å². The van der Waals surface area contributed by atoms with E-state index >= 15 is 0 Å². The zero-order valence-electron chi connectivity index (χ0n) is 44.2. The van der Waals surface area contributed by atoms with Gasteiger partial charge < -0.3 is 45.1 Å². The average molecular weight is 1090 g/mol. The van der Waals surface area contributed by atoms with Gasteiger partial charge in [0.1, 0.15) is 30.7 Å². The van der Waals surface area contributed by atoms with E-state index in [1.54, 1.807) is 12.2 Å². The summed E-state index contributed by atoms with van der Waals surface area (Å²) in [5.41, 5.74) is 4.58. The van der Waals surface area contributed by atoms with Crippen molar-refractivity contribution in [2.75, 3.05) is 25.6 Å². The first-order valence-electron chi connectivity index (χ1n) is 26.8. The maximum Gasteiger partial charge on any atom is 0.481 e. The molecule has 1 aromatic heterocycles. The van der Waals surface area contributed by atoms with Gasteiger partial charge >= 0.3 is 33.3 Å². The minimum atomic E-state index is -5.45. The number of aliphatic hydroxyl groups excluding tert-OH is 3. The summed E-state index contributed by atoms with van der Waals surface area (Å²) in [5, 5.41) is 31.0. The number of phosphoric acid groups is 2. The van der Waals surface area contributed by atoms with Crippen LogP contribution in [0.4, 0.5) is 5.82 Å². The summed E-state index contributed by atoms with van der Waals surface area (Å²) in [6.45, 7) is 4.27. The van der Waals surface area contributed by atoms with Crippen molar-refractivity contribution in [2.24, 2.45) is 5.92 Å². The Bertz CT molecular complexity index is 2010. The fourth-order valence-electron chi connectivity index (χ4n) is 7.70. The molecule has 2 rings (SSSR count). The van der Waals surface area contributed by atoms with E-state index in [0.717, 1.165) is 55.2 Å². The molecule has 1 saturated heterocycles. The lowest BCUT2D eigenvalue weighted by atomic mass is 9.99. The van der Waals surface area contributed by atoms with Gasteiger partial charge in [0, 0.05) is 19.0 Å². The highest BCUT2D eigenvalue weighted by atomic mass is 31.3. The van der Waals surface area contributed by atoms with Gasteiger partial charge in [-0.3, -0.25) is 23.2 Å². The number of unbranched alkanes of at least 4 members (excludes halogenated alkanes) is 14. The number of nitrogens with zero attached hydrogens (tertiary/aromatic N) is 2. The average Bonchev–Trinajstić information content (AvgIpc) is 3.63. The summed E-state index contributed by atoms with van der Waals surface area (Å²) in [4.78, 5) is 62.0. The van der Waals surface area contributed by atoms with Gasteiger partial charge in [0.15, 0.2) is 12.3 Å². The van der Waals surface area contributed by atoms with Gasteiger partial charge in [-0.2, -0.15) is 9.29 Å². The molecule has 1 aliphatic rings. The molecule has 9 atom stereocenters. The molecule has 0 aromatic carbocycles. The Kier molecular flexibility index (Phi) is 35.7. The summed E-state index contributed by atoms with van der Waals surface area (Å²) in [5.74, 6) is -0.567. The summed E-state index contributed by atoms with van der Waals surface area (Å²) >= 11 is 0. The molecule has 0 aliphatic carbocycles. The van der Waals surface area contributed by atoms with Crippen LogP contribution in [0.3, 0.4) is 0 Å². The number of carbonyl (C=O) groups excluding carboxylic acids is 2. The number of ether oxygens (including phenoxy) is 3. The number of aromatic nitrogens is 2. The van der Waals surface area contributed by atoms with Crippen LogP contribution in [0.1, 0.15) is 181 Å². The highest BCUT2D eigenvalue weighted by Crippen LogP contribution is 2.60. The first kappa shape index (κ1) is 66.5. The highest BCUT2D eigenvalue weighted by Gasteiger charge is 2.46. The van der Waals surface area contributed by atoms with Crippen molar-refractivity contribution in [2.45, 2.75) is 212 Å². The number of nitrogen functional groups attached to an aromatic ring is 1. The number of aliphatic hydroxyl groups is 3. The number of nitrogens with two attached hydrogens (primary N) is 1. The number of hydrogen-bond acceptors (Lipinski definition) is 16. The van der Waals surface area contributed by atoms with Gasteiger partial charge in [-0.15, -0.1) is 0 Å². The maximum absolute atomic E-state index is 12.9. The molecule has 0 amide bonds. The number of rotatable bonds is 43. The largest absolute Gasteiger partial charge is 0.481 e. The molecule has 4 unspecified atom stereocenters. The second-order valence-electron chi connectivity index (χ2n) is 18.8. The Balaban J connectivity index is 1.82. The molecule has 0 spiro atoms. The van der Waals surface area contributed by atoms with Crippen molar-refractivity contribution in [1.29, 1.82) is 0 Å². The quantitative estimate of drug-likeness (QED) is 0.0117. The van der Waals surface area contributed by atoms with Crippen LogP contribution in [0.5, 0.6) is 0 Å². The summed E-state index contributed by atoms with van der Waals surface area (Å²) in [6.07, 6.45) is 34.7. The fraction of sp³-hybridized carbons (Fsp3) is 0.698. The SMILES string of the molecule is CC/C=C\C/C=C\CC(O)/C=C/C=C\C/C=C\CCCC(=O)O[C@H](COC(=O)CCCCCCCCCCCCCCCCC(C)CC)COP(=O)(O)OP(=O)(O)OC[C@H]1O[C@@H](n2ccc(N)nc2=O)[C@H](O)[C@@H]1O. The Labute approximate surface area is 439 Å². The lowest BCUT2D eigenvalue weighted by Crippen LogP contribution is -2.36. The number of allylic oxidation sites excluding steroid dienone is 8. The molecule has 1 aliphatic heterocycles. The van der Waals surface area contributed by atoms with Crippen LogP contribution in [-0.4, -0.2) is 96.9 Å². The first-order valence-corrected chi connectivity index (χ1v) is 29.8. The zero-order valence-corrected chi connectivity index (χ0v) is 45.9. The third-order valence-corrected chi connectivity index (χ3v) is 14.8. The summed E-state index contributed by atoms with van der Waals surface area (Å²) in [7, 11) is -10.9. The Hall–Kier alpha value is -3.58. The molecule has 422 valence electrons. The van der Waals surface area contributed by atoms with E-state index in [1.165, 1.54) is 76.7 Å². The molecule has 2 heterocycles. The van der Waals surface area contributed by atoms with E-state index in [4.69, 9.17) is 29.0 Å². The minimum absolute atomic E-state index is 0.0611. The van der Waals surface area contributed by atoms with E-state index in [-0.39, 0.29) is 18.7 Å². The Morgan fingerprint density at radius 3 is 2.01 bits per heavy atom. The van der Waals surface area contributed by atoms with Gasteiger partial charge in [-0.05, 0) is 56.9 Å². The molecule has 1 fully saturated rings. The molecule has 0 radical (unpaired) electrons. The smallest absolute Gasteiger partial charge is 0.462 e. The molecule has 7 N–H and O–H groups in total. The van der Waals surface area contributed by atoms with Gasteiger partial charge in [-0.1, -0.05) is 178 Å².